The second-order valence-electron chi connectivity index (χ2n) is 4.89. The Morgan fingerprint density at radius 2 is 2.16 bits per heavy atom. The number of benzene rings is 1. The third-order valence-corrected chi connectivity index (χ3v) is 4.09. The number of nitrogens with one attached hydrogen (secondary N) is 1. The molecule has 0 saturated carbocycles. The zero-order valence-electron chi connectivity index (χ0n) is 11.9. The average Bonchev–Trinajstić information content (AvgIpc) is 2.39. The van der Waals surface area contributed by atoms with Crippen LogP contribution in [0.2, 0.25) is 0 Å². The zero-order chi connectivity index (χ0) is 14.1. The molecule has 1 aromatic rings. The van der Waals surface area contributed by atoms with E-state index in [0.717, 1.165) is 36.5 Å². The van der Waals surface area contributed by atoms with Crippen LogP contribution in [0.5, 0.6) is 0 Å². The number of hydrogen-bond acceptors (Lipinski definition) is 2. The van der Waals surface area contributed by atoms with Crippen molar-refractivity contribution < 1.29 is 4.39 Å². The molecule has 1 nitrogen and oxygen atoms in total. The molecule has 1 N–H and O–H groups in total. The molecule has 19 heavy (non-hydrogen) atoms. The standard InChI is InChI=1S/C16H24FNS/c1-4-11-18-14(10-9-13(2)3)12-19-16-8-6-5-7-15(16)17/h5-8,14,18H,2,4,9-12H2,1,3H3. The summed E-state index contributed by atoms with van der Waals surface area (Å²) in [5, 5.41) is 3.53. The Hall–Kier alpha value is -0.800. The van der Waals surface area contributed by atoms with Crippen LogP contribution in [-0.2, 0) is 0 Å². The van der Waals surface area contributed by atoms with E-state index in [1.165, 1.54) is 11.6 Å². The van der Waals surface area contributed by atoms with E-state index < -0.39 is 0 Å². The molecule has 0 bridgehead atoms. The lowest BCUT2D eigenvalue weighted by atomic mass is 10.1. The smallest absolute Gasteiger partial charge is 0.136 e. The summed E-state index contributed by atoms with van der Waals surface area (Å²) in [4.78, 5) is 0.737. The highest BCUT2D eigenvalue weighted by atomic mass is 32.2. The van der Waals surface area contributed by atoms with Crippen molar-refractivity contribution in [2.75, 3.05) is 12.3 Å². The third kappa shape index (κ3) is 6.79. The van der Waals surface area contributed by atoms with Gasteiger partial charge in [-0.3, -0.25) is 0 Å². The molecule has 1 unspecified atom stereocenters. The highest BCUT2D eigenvalue weighted by molar-refractivity contribution is 7.99. The van der Waals surface area contributed by atoms with Gasteiger partial charge in [0.2, 0.25) is 0 Å². The Labute approximate surface area is 120 Å². The lowest BCUT2D eigenvalue weighted by molar-refractivity contribution is 0.519. The quantitative estimate of drug-likeness (QED) is 0.522. The van der Waals surface area contributed by atoms with Crippen LogP contribution in [0.4, 0.5) is 4.39 Å². The fourth-order valence-electron chi connectivity index (χ4n) is 1.77. The van der Waals surface area contributed by atoms with Crippen molar-refractivity contribution in [1.82, 2.24) is 5.32 Å². The topological polar surface area (TPSA) is 12.0 Å². The third-order valence-electron chi connectivity index (χ3n) is 2.88. The van der Waals surface area contributed by atoms with E-state index in [9.17, 15) is 4.39 Å². The van der Waals surface area contributed by atoms with Gasteiger partial charge in [-0.1, -0.05) is 24.6 Å². The molecular weight excluding hydrogens is 257 g/mol. The molecule has 0 fully saturated rings. The molecule has 0 aliphatic carbocycles. The molecule has 1 rings (SSSR count). The highest BCUT2D eigenvalue weighted by Crippen LogP contribution is 2.23. The molecule has 106 valence electrons. The fraction of sp³-hybridized carbons (Fsp3) is 0.500. The predicted molar refractivity (Wildman–Crippen MR) is 83.3 cm³/mol. The summed E-state index contributed by atoms with van der Waals surface area (Å²) < 4.78 is 13.6. The van der Waals surface area contributed by atoms with Gasteiger partial charge in [0.25, 0.3) is 0 Å². The molecule has 1 atom stereocenters. The summed E-state index contributed by atoms with van der Waals surface area (Å²) in [5.41, 5.74) is 1.21. The first-order valence-corrected chi connectivity index (χ1v) is 7.87. The van der Waals surface area contributed by atoms with Gasteiger partial charge in [-0.15, -0.1) is 18.3 Å². The van der Waals surface area contributed by atoms with E-state index in [4.69, 9.17) is 0 Å². The summed E-state index contributed by atoms with van der Waals surface area (Å²) >= 11 is 1.59. The number of hydrogen-bond donors (Lipinski definition) is 1. The molecule has 0 saturated heterocycles. The van der Waals surface area contributed by atoms with Crippen LogP contribution >= 0.6 is 11.8 Å². The normalized spacial score (nSPS) is 12.4. The van der Waals surface area contributed by atoms with Crippen molar-refractivity contribution in [3.8, 4) is 0 Å². The lowest BCUT2D eigenvalue weighted by Crippen LogP contribution is -2.32. The maximum Gasteiger partial charge on any atom is 0.136 e. The molecule has 0 spiro atoms. The Morgan fingerprint density at radius 3 is 2.79 bits per heavy atom. The largest absolute Gasteiger partial charge is 0.313 e. The first kappa shape index (κ1) is 16.3. The molecule has 0 aromatic heterocycles. The Kier molecular flexibility index (Phi) is 7.84. The number of rotatable bonds is 9. The van der Waals surface area contributed by atoms with E-state index in [1.54, 1.807) is 17.8 Å². The minimum Gasteiger partial charge on any atom is -0.313 e. The van der Waals surface area contributed by atoms with E-state index in [1.807, 2.05) is 12.1 Å². The summed E-state index contributed by atoms with van der Waals surface area (Å²) in [6.07, 6.45) is 3.21. The number of allylic oxidation sites excluding steroid dienone is 1. The van der Waals surface area contributed by atoms with Crippen LogP contribution in [0.3, 0.4) is 0 Å². The molecule has 0 heterocycles. The van der Waals surface area contributed by atoms with Gasteiger partial charge in [0.05, 0.1) is 0 Å². The first-order chi connectivity index (χ1) is 9.13. The van der Waals surface area contributed by atoms with Gasteiger partial charge in [-0.25, -0.2) is 4.39 Å². The van der Waals surface area contributed by atoms with Crippen molar-refractivity contribution in [3.05, 3.63) is 42.2 Å². The van der Waals surface area contributed by atoms with Crippen LogP contribution in [-0.4, -0.2) is 18.3 Å². The van der Waals surface area contributed by atoms with E-state index in [2.05, 4.69) is 25.7 Å². The highest BCUT2D eigenvalue weighted by Gasteiger charge is 2.10. The van der Waals surface area contributed by atoms with E-state index in [0.29, 0.717) is 6.04 Å². The zero-order valence-corrected chi connectivity index (χ0v) is 12.7. The molecule has 1 aromatic carbocycles. The molecule has 0 amide bonds. The van der Waals surface area contributed by atoms with Gasteiger partial charge in [0, 0.05) is 16.7 Å². The molecule has 0 aliphatic heterocycles. The van der Waals surface area contributed by atoms with Crippen molar-refractivity contribution in [1.29, 1.82) is 0 Å². The second-order valence-corrected chi connectivity index (χ2v) is 5.95. The van der Waals surface area contributed by atoms with Gasteiger partial charge < -0.3 is 5.32 Å². The number of thioether (sulfide) groups is 1. The van der Waals surface area contributed by atoms with Gasteiger partial charge in [0.1, 0.15) is 5.82 Å². The van der Waals surface area contributed by atoms with Gasteiger partial charge in [-0.05, 0) is 44.9 Å². The van der Waals surface area contributed by atoms with Crippen molar-refractivity contribution >= 4 is 11.8 Å². The van der Waals surface area contributed by atoms with Crippen LogP contribution < -0.4 is 5.32 Å². The van der Waals surface area contributed by atoms with E-state index >= 15 is 0 Å². The van der Waals surface area contributed by atoms with Crippen molar-refractivity contribution in [3.63, 3.8) is 0 Å². The monoisotopic (exact) mass is 281 g/mol. The minimum atomic E-state index is -0.123. The van der Waals surface area contributed by atoms with Crippen molar-refractivity contribution in [2.45, 2.75) is 44.0 Å². The predicted octanol–water partition coefficient (Wildman–Crippen LogP) is 4.64. The van der Waals surface area contributed by atoms with E-state index in [-0.39, 0.29) is 5.82 Å². The number of halogens is 1. The van der Waals surface area contributed by atoms with Crippen LogP contribution in [0.1, 0.15) is 33.1 Å². The Morgan fingerprint density at radius 1 is 1.42 bits per heavy atom. The maximum atomic E-state index is 13.6. The SMILES string of the molecule is C=C(C)CCC(CSc1ccccc1F)NCCC. The summed E-state index contributed by atoms with van der Waals surface area (Å²) in [7, 11) is 0. The van der Waals surface area contributed by atoms with Crippen LogP contribution in [0, 0.1) is 5.82 Å². The average molecular weight is 281 g/mol. The van der Waals surface area contributed by atoms with Gasteiger partial charge >= 0.3 is 0 Å². The van der Waals surface area contributed by atoms with Crippen molar-refractivity contribution in [2.24, 2.45) is 0 Å². The molecular formula is C16H24FNS. The summed E-state index contributed by atoms with van der Waals surface area (Å²) in [5.74, 6) is 0.774. The lowest BCUT2D eigenvalue weighted by Gasteiger charge is -2.18. The van der Waals surface area contributed by atoms with Gasteiger partial charge in [0.15, 0.2) is 0 Å². The second kappa shape index (κ2) is 9.16. The van der Waals surface area contributed by atoms with Crippen LogP contribution in [0.15, 0.2) is 41.3 Å². The summed E-state index contributed by atoms with van der Waals surface area (Å²) in [6, 6.07) is 7.39. The Balaban J connectivity index is 2.47. The molecule has 3 heteroatoms. The molecule has 0 radical (unpaired) electrons. The first-order valence-electron chi connectivity index (χ1n) is 6.88. The summed E-state index contributed by atoms with van der Waals surface area (Å²) in [6.45, 7) is 9.17. The van der Waals surface area contributed by atoms with Crippen LogP contribution in [0.25, 0.3) is 0 Å². The maximum absolute atomic E-state index is 13.6. The Bertz CT molecular complexity index is 392. The van der Waals surface area contributed by atoms with Gasteiger partial charge in [-0.2, -0.15) is 0 Å². The fourth-order valence-corrected chi connectivity index (χ4v) is 2.81. The minimum absolute atomic E-state index is 0.123. The molecule has 0 aliphatic rings.